The van der Waals surface area contributed by atoms with Crippen LogP contribution in [-0.4, -0.2) is 65.9 Å². The maximum absolute atomic E-state index is 11.8. The molecule has 1 fully saturated rings. The molecule has 21 heavy (non-hydrogen) atoms. The van der Waals surface area contributed by atoms with E-state index in [0.717, 1.165) is 0 Å². The van der Waals surface area contributed by atoms with Crippen LogP contribution >= 0.6 is 0 Å². The highest BCUT2D eigenvalue weighted by Gasteiger charge is 2.39. The van der Waals surface area contributed by atoms with E-state index in [1.807, 2.05) is 0 Å². The molecule has 0 aromatic rings. The lowest BCUT2D eigenvalue weighted by atomic mass is 10.2. The third-order valence-electron chi connectivity index (χ3n) is 2.91. The zero-order valence-electron chi connectivity index (χ0n) is 12.7. The number of hydrogen-bond acceptors (Lipinski definition) is 6. The van der Waals surface area contributed by atoms with Crippen LogP contribution in [0, 0.1) is 0 Å². The molecular formula is C13H22N2O6. The van der Waals surface area contributed by atoms with Crippen LogP contribution < -0.4 is 5.32 Å². The molecule has 2 N–H and O–H groups in total. The lowest BCUT2D eigenvalue weighted by Gasteiger charge is -2.25. The minimum atomic E-state index is -1.17. The van der Waals surface area contributed by atoms with E-state index in [-0.39, 0.29) is 19.5 Å². The summed E-state index contributed by atoms with van der Waals surface area (Å²) in [4.78, 5) is 35.8. The van der Waals surface area contributed by atoms with Crippen molar-refractivity contribution in [3.8, 4) is 0 Å². The highest BCUT2D eigenvalue weighted by Crippen LogP contribution is 2.19. The Morgan fingerprint density at radius 2 is 2.05 bits per heavy atom. The number of nitrogens with zero attached hydrogens (tertiary/aromatic N) is 1. The summed E-state index contributed by atoms with van der Waals surface area (Å²) in [7, 11) is 1.22. The number of aliphatic hydroxyl groups is 1. The average molecular weight is 302 g/mol. The van der Waals surface area contributed by atoms with Crippen molar-refractivity contribution in [3.63, 3.8) is 0 Å². The molecular weight excluding hydrogens is 280 g/mol. The van der Waals surface area contributed by atoms with Crippen LogP contribution in [0.3, 0.4) is 0 Å². The van der Waals surface area contributed by atoms with Crippen molar-refractivity contribution in [3.05, 3.63) is 0 Å². The summed E-state index contributed by atoms with van der Waals surface area (Å²) in [5, 5.41) is 12.1. The Bertz CT molecular complexity index is 417. The molecule has 1 aliphatic rings. The van der Waals surface area contributed by atoms with Crippen molar-refractivity contribution in [1.29, 1.82) is 0 Å². The number of ether oxygens (including phenoxy) is 2. The molecule has 0 aromatic heterocycles. The van der Waals surface area contributed by atoms with Crippen LogP contribution in [0.4, 0.5) is 4.79 Å². The molecule has 0 spiro atoms. The lowest BCUT2D eigenvalue weighted by Crippen LogP contribution is -2.45. The second-order valence-electron chi connectivity index (χ2n) is 5.83. The van der Waals surface area contributed by atoms with Crippen molar-refractivity contribution in [2.75, 3.05) is 20.2 Å². The molecule has 0 aromatic carbocycles. The van der Waals surface area contributed by atoms with Crippen LogP contribution in [0.2, 0.25) is 0 Å². The van der Waals surface area contributed by atoms with Gasteiger partial charge in [-0.1, -0.05) is 0 Å². The molecule has 0 saturated carbocycles. The van der Waals surface area contributed by atoms with Crippen LogP contribution in [-0.2, 0) is 19.1 Å². The number of carbonyl (C=O) groups excluding carboxylic acids is 3. The number of rotatable bonds is 4. The van der Waals surface area contributed by atoms with Crippen molar-refractivity contribution in [2.45, 2.75) is 44.9 Å². The van der Waals surface area contributed by atoms with E-state index in [2.05, 4.69) is 10.1 Å². The lowest BCUT2D eigenvalue weighted by molar-refractivity contribution is -0.148. The van der Waals surface area contributed by atoms with E-state index >= 15 is 0 Å². The molecule has 1 aliphatic heterocycles. The van der Waals surface area contributed by atoms with Gasteiger partial charge in [0.1, 0.15) is 18.2 Å². The predicted molar refractivity (Wildman–Crippen MR) is 72.4 cm³/mol. The fourth-order valence-electron chi connectivity index (χ4n) is 1.98. The predicted octanol–water partition coefficient (Wildman–Crippen LogP) is -0.354. The number of nitrogens with one attached hydrogen (secondary N) is 1. The number of methoxy groups -OCH3 is 1. The van der Waals surface area contributed by atoms with Crippen LogP contribution in [0.15, 0.2) is 0 Å². The van der Waals surface area contributed by atoms with E-state index in [4.69, 9.17) is 4.74 Å². The molecule has 0 radical (unpaired) electrons. The summed E-state index contributed by atoms with van der Waals surface area (Å²) in [5.41, 5.74) is -0.624. The Balaban J connectivity index is 2.57. The first-order valence-electron chi connectivity index (χ1n) is 6.66. The molecule has 8 heteroatoms. The van der Waals surface area contributed by atoms with Crippen molar-refractivity contribution in [2.24, 2.45) is 0 Å². The largest absolute Gasteiger partial charge is 0.468 e. The van der Waals surface area contributed by atoms with Gasteiger partial charge in [-0.2, -0.15) is 0 Å². The first kappa shape index (κ1) is 17.2. The fraction of sp³-hybridized carbons (Fsp3) is 0.769. The highest BCUT2D eigenvalue weighted by molar-refractivity contribution is 5.87. The number of amides is 2. The van der Waals surface area contributed by atoms with Gasteiger partial charge in [-0.05, 0) is 20.8 Å². The van der Waals surface area contributed by atoms with Gasteiger partial charge in [0, 0.05) is 13.0 Å². The maximum atomic E-state index is 11.8. The number of likely N-dealkylation sites (tertiary alicyclic amines) is 1. The molecule has 120 valence electrons. The van der Waals surface area contributed by atoms with E-state index in [9.17, 15) is 19.5 Å². The summed E-state index contributed by atoms with van der Waals surface area (Å²) in [6.45, 7) is 5.04. The van der Waals surface area contributed by atoms with Gasteiger partial charge >= 0.3 is 12.1 Å². The van der Waals surface area contributed by atoms with Crippen molar-refractivity contribution in [1.82, 2.24) is 10.2 Å². The van der Waals surface area contributed by atoms with E-state index in [1.165, 1.54) is 12.0 Å². The van der Waals surface area contributed by atoms with Crippen molar-refractivity contribution >= 4 is 18.0 Å². The van der Waals surface area contributed by atoms with Crippen molar-refractivity contribution < 1.29 is 29.0 Å². The highest BCUT2D eigenvalue weighted by atomic mass is 16.6. The Morgan fingerprint density at radius 3 is 2.57 bits per heavy atom. The molecule has 2 amide bonds. The van der Waals surface area contributed by atoms with Gasteiger partial charge in [0.2, 0.25) is 0 Å². The van der Waals surface area contributed by atoms with Gasteiger partial charge in [0.05, 0.1) is 13.2 Å². The SMILES string of the molecule is COC(=O)CN1C(=O)[C@@H](O)C[C@@H]1CNC(=O)OC(C)(C)C. The summed E-state index contributed by atoms with van der Waals surface area (Å²) in [6.07, 6.45) is -1.64. The normalized spacial score (nSPS) is 22.1. The second-order valence-corrected chi connectivity index (χ2v) is 5.83. The fourth-order valence-corrected chi connectivity index (χ4v) is 1.98. The van der Waals surface area contributed by atoms with Gasteiger partial charge in [-0.3, -0.25) is 9.59 Å². The zero-order chi connectivity index (χ0) is 16.2. The summed E-state index contributed by atoms with van der Waals surface area (Å²) >= 11 is 0. The molecule has 0 unspecified atom stereocenters. The molecule has 8 nitrogen and oxygen atoms in total. The topological polar surface area (TPSA) is 105 Å². The van der Waals surface area contributed by atoms with Crippen LogP contribution in [0.5, 0.6) is 0 Å². The number of carbonyl (C=O) groups is 3. The van der Waals surface area contributed by atoms with Gasteiger partial charge in [0.25, 0.3) is 5.91 Å². The van der Waals surface area contributed by atoms with Gasteiger partial charge < -0.3 is 24.8 Å². The van der Waals surface area contributed by atoms with E-state index < -0.39 is 35.7 Å². The van der Waals surface area contributed by atoms with Gasteiger partial charge in [-0.25, -0.2) is 4.79 Å². The Hall–Kier alpha value is -1.83. The Labute approximate surface area is 123 Å². The maximum Gasteiger partial charge on any atom is 0.407 e. The number of alkyl carbamates (subject to hydrolysis) is 1. The molecule has 1 heterocycles. The standard InChI is InChI=1S/C13H22N2O6/c1-13(2,3)21-12(19)14-6-8-5-9(16)11(18)15(8)7-10(17)20-4/h8-9,16H,5-7H2,1-4H3,(H,14,19)/t8-,9+/m1/s1. The quantitative estimate of drug-likeness (QED) is 0.687. The van der Waals surface area contributed by atoms with E-state index in [0.29, 0.717) is 0 Å². The third kappa shape index (κ3) is 5.22. The Morgan fingerprint density at radius 1 is 1.43 bits per heavy atom. The molecule has 2 atom stereocenters. The summed E-state index contributed by atoms with van der Waals surface area (Å²) < 4.78 is 9.59. The molecule has 0 aliphatic carbocycles. The Kier molecular flexibility index (Phi) is 5.54. The zero-order valence-corrected chi connectivity index (χ0v) is 12.7. The molecule has 1 saturated heterocycles. The van der Waals surface area contributed by atoms with E-state index in [1.54, 1.807) is 20.8 Å². The third-order valence-corrected chi connectivity index (χ3v) is 2.91. The van der Waals surface area contributed by atoms with Crippen LogP contribution in [0.1, 0.15) is 27.2 Å². The minimum absolute atomic E-state index is 0.0920. The molecule has 1 rings (SSSR count). The summed E-state index contributed by atoms with van der Waals surface area (Å²) in [6, 6.07) is -0.473. The van der Waals surface area contributed by atoms with Gasteiger partial charge in [0.15, 0.2) is 0 Å². The number of hydrogen-bond donors (Lipinski definition) is 2. The minimum Gasteiger partial charge on any atom is -0.468 e. The van der Waals surface area contributed by atoms with Crippen LogP contribution in [0.25, 0.3) is 0 Å². The number of aliphatic hydroxyl groups excluding tert-OH is 1. The average Bonchev–Trinajstić information content (AvgIpc) is 2.62. The first-order valence-corrected chi connectivity index (χ1v) is 6.66. The molecule has 0 bridgehead atoms. The smallest absolute Gasteiger partial charge is 0.407 e. The van der Waals surface area contributed by atoms with Gasteiger partial charge in [-0.15, -0.1) is 0 Å². The summed E-state index contributed by atoms with van der Waals surface area (Å²) in [5.74, 6) is -1.13. The second kappa shape index (κ2) is 6.75. The number of esters is 1. The monoisotopic (exact) mass is 302 g/mol. The first-order chi connectivity index (χ1) is 9.64.